The van der Waals surface area contributed by atoms with Crippen molar-refractivity contribution in [2.24, 2.45) is 5.92 Å². The van der Waals surface area contributed by atoms with Crippen LogP contribution >= 0.6 is 0 Å². The number of rotatable bonds is 14. The number of sulfonamides is 1. The number of carbonyl (C=O) groups excluding carboxylic acids is 2. The highest BCUT2D eigenvalue weighted by Crippen LogP contribution is 2.33. The number of aryl methyl sites for hydroxylation is 1. The van der Waals surface area contributed by atoms with E-state index < -0.39 is 34.3 Å². The summed E-state index contributed by atoms with van der Waals surface area (Å²) >= 11 is 0. The maximum atomic E-state index is 14.2. The van der Waals surface area contributed by atoms with Gasteiger partial charge in [-0.25, -0.2) is 12.8 Å². The lowest BCUT2D eigenvalue weighted by Gasteiger charge is -2.33. The van der Waals surface area contributed by atoms with E-state index in [0.29, 0.717) is 17.9 Å². The lowest BCUT2D eigenvalue weighted by molar-refractivity contribution is -0.140. The summed E-state index contributed by atoms with van der Waals surface area (Å²) in [4.78, 5) is 28.8. The van der Waals surface area contributed by atoms with Crippen LogP contribution in [-0.4, -0.2) is 50.9 Å². The van der Waals surface area contributed by atoms with Gasteiger partial charge in [-0.15, -0.1) is 0 Å². The van der Waals surface area contributed by atoms with Gasteiger partial charge in [0, 0.05) is 13.1 Å². The van der Waals surface area contributed by atoms with E-state index in [4.69, 9.17) is 4.74 Å². The van der Waals surface area contributed by atoms with Crippen LogP contribution in [0.5, 0.6) is 5.75 Å². The molecule has 0 unspecified atom stereocenters. The topological polar surface area (TPSA) is 96.0 Å². The Balaban J connectivity index is 2.09. The Labute approximate surface area is 248 Å². The quantitative estimate of drug-likeness (QED) is 0.272. The second-order valence-electron chi connectivity index (χ2n) is 10.4. The number of nitrogens with one attached hydrogen (secondary N) is 1. The van der Waals surface area contributed by atoms with Gasteiger partial charge in [-0.2, -0.15) is 0 Å². The third-order valence-corrected chi connectivity index (χ3v) is 8.43. The Bertz CT molecular complexity index is 1440. The molecule has 3 aromatic carbocycles. The number of halogens is 1. The fraction of sp³-hybridized carbons (Fsp3) is 0.375. The zero-order valence-corrected chi connectivity index (χ0v) is 25.7. The second kappa shape index (κ2) is 14.8. The molecule has 3 aromatic rings. The first-order chi connectivity index (χ1) is 20.0. The largest absolute Gasteiger partial charge is 0.492 e. The van der Waals surface area contributed by atoms with Crippen molar-refractivity contribution in [3.05, 3.63) is 89.7 Å². The van der Waals surface area contributed by atoms with E-state index >= 15 is 0 Å². The monoisotopic (exact) mass is 597 g/mol. The van der Waals surface area contributed by atoms with Crippen LogP contribution in [0.15, 0.2) is 77.7 Å². The van der Waals surface area contributed by atoms with Crippen molar-refractivity contribution in [2.45, 2.75) is 58.5 Å². The van der Waals surface area contributed by atoms with Crippen molar-refractivity contribution in [1.29, 1.82) is 0 Å². The maximum Gasteiger partial charge on any atom is 0.264 e. The number of hydrogen-bond donors (Lipinski definition) is 1. The lowest BCUT2D eigenvalue weighted by atomic mass is 10.1. The first-order valence-corrected chi connectivity index (χ1v) is 15.5. The summed E-state index contributed by atoms with van der Waals surface area (Å²) in [5.41, 5.74) is 1.68. The van der Waals surface area contributed by atoms with E-state index in [-0.39, 0.29) is 42.0 Å². The van der Waals surface area contributed by atoms with Gasteiger partial charge >= 0.3 is 0 Å². The first kappa shape index (κ1) is 32.6. The molecule has 1 atom stereocenters. The molecule has 0 aliphatic rings. The molecule has 10 heteroatoms. The van der Waals surface area contributed by atoms with Crippen molar-refractivity contribution >= 4 is 27.5 Å². The van der Waals surface area contributed by atoms with E-state index in [1.807, 2.05) is 20.8 Å². The smallest absolute Gasteiger partial charge is 0.264 e. The highest BCUT2D eigenvalue weighted by Gasteiger charge is 2.34. The molecule has 0 spiro atoms. The summed E-state index contributed by atoms with van der Waals surface area (Å²) < 4.78 is 48.6. The molecular weight excluding hydrogens is 557 g/mol. The molecule has 1 N–H and O–H groups in total. The van der Waals surface area contributed by atoms with Gasteiger partial charge in [0.1, 0.15) is 24.2 Å². The standard InChI is InChI=1S/C32H40FN3O5S/c1-6-28(32(38)34-20-23(3)4)35(21-25-14-16-26(33)17-15-25)31(37)22-36(29-10-8-9-11-30(29)41-7-2)42(39,40)27-18-12-24(5)13-19-27/h8-19,23,28H,6-7,20-22H2,1-5H3,(H,34,38)/t28-/m1/s1. The number of benzene rings is 3. The minimum Gasteiger partial charge on any atom is -0.492 e. The van der Waals surface area contributed by atoms with Gasteiger partial charge < -0.3 is 15.0 Å². The normalized spacial score (nSPS) is 12.1. The summed E-state index contributed by atoms with van der Waals surface area (Å²) in [7, 11) is -4.24. The number of amides is 2. The number of hydrogen-bond acceptors (Lipinski definition) is 5. The van der Waals surface area contributed by atoms with Crippen molar-refractivity contribution < 1.29 is 27.1 Å². The Morgan fingerprint density at radius 2 is 1.60 bits per heavy atom. The van der Waals surface area contributed by atoms with Crippen LogP contribution in [0.3, 0.4) is 0 Å². The summed E-state index contributed by atoms with van der Waals surface area (Å²) in [6.07, 6.45) is 0.289. The summed E-state index contributed by atoms with van der Waals surface area (Å²) in [5.74, 6) is -0.869. The van der Waals surface area contributed by atoms with Gasteiger partial charge in [-0.3, -0.25) is 13.9 Å². The molecule has 0 saturated carbocycles. The van der Waals surface area contributed by atoms with Crippen LogP contribution in [0.4, 0.5) is 10.1 Å². The second-order valence-corrected chi connectivity index (χ2v) is 12.3. The van der Waals surface area contributed by atoms with Crippen molar-refractivity contribution in [3.63, 3.8) is 0 Å². The van der Waals surface area contributed by atoms with Gasteiger partial charge in [0.05, 0.1) is 17.2 Å². The zero-order valence-electron chi connectivity index (χ0n) is 24.8. The minimum absolute atomic E-state index is 0.0130. The number of carbonyl (C=O) groups is 2. The highest BCUT2D eigenvalue weighted by atomic mass is 32.2. The van der Waals surface area contributed by atoms with Gasteiger partial charge in [0.15, 0.2) is 0 Å². The molecule has 0 heterocycles. The minimum atomic E-state index is -4.24. The molecule has 3 rings (SSSR count). The Kier molecular flexibility index (Phi) is 11.5. The van der Waals surface area contributed by atoms with Crippen LogP contribution in [-0.2, 0) is 26.2 Å². The van der Waals surface area contributed by atoms with E-state index in [1.165, 1.54) is 29.2 Å². The lowest BCUT2D eigenvalue weighted by Crippen LogP contribution is -2.52. The Hall–Kier alpha value is -3.92. The van der Waals surface area contributed by atoms with E-state index in [2.05, 4.69) is 5.32 Å². The molecule has 0 bridgehead atoms. The summed E-state index contributed by atoms with van der Waals surface area (Å²) in [6, 6.07) is 17.8. The molecule has 226 valence electrons. The molecule has 8 nitrogen and oxygen atoms in total. The Morgan fingerprint density at radius 3 is 2.19 bits per heavy atom. The average Bonchev–Trinajstić information content (AvgIpc) is 2.96. The number of para-hydroxylation sites is 2. The van der Waals surface area contributed by atoms with E-state index in [0.717, 1.165) is 9.87 Å². The molecular formula is C32H40FN3O5S. The van der Waals surface area contributed by atoms with Gasteiger partial charge in [0.2, 0.25) is 11.8 Å². The Morgan fingerprint density at radius 1 is 0.952 bits per heavy atom. The van der Waals surface area contributed by atoms with E-state index in [9.17, 15) is 22.4 Å². The molecule has 0 radical (unpaired) electrons. The molecule has 2 amide bonds. The number of anilines is 1. The maximum absolute atomic E-state index is 14.2. The van der Waals surface area contributed by atoms with Gasteiger partial charge in [0.25, 0.3) is 10.0 Å². The third kappa shape index (κ3) is 8.31. The van der Waals surface area contributed by atoms with Gasteiger partial charge in [-0.05, 0) is 68.1 Å². The predicted octanol–water partition coefficient (Wildman–Crippen LogP) is 5.31. The summed E-state index contributed by atoms with van der Waals surface area (Å²) in [6.45, 7) is 9.46. The predicted molar refractivity (Wildman–Crippen MR) is 162 cm³/mol. The highest BCUT2D eigenvalue weighted by molar-refractivity contribution is 7.92. The molecule has 0 aliphatic carbocycles. The van der Waals surface area contributed by atoms with Crippen LogP contribution in [0, 0.1) is 18.7 Å². The average molecular weight is 598 g/mol. The van der Waals surface area contributed by atoms with E-state index in [1.54, 1.807) is 62.4 Å². The van der Waals surface area contributed by atoms with Crippen LogP contribution in [0.2, 0.25) is 0 Å². The summed E-state index contributed by atoms with van der Waals surface area (Å²) in [5, 5.41) is 2.89. The van der Waals surface area contributed by atoms with Gasteiger partial charge in [-0.1, -0.05) is 62.7 Å². The molecule has 0 aliphatic heterocycles. The third-order valence-electron chi connectivity index (χ3n) is 6.66. The van der Waals surface area contributed by atoms with Crippen LogP contribution < -0.4 is 14.4 Å². The zero-order chi connectivity index (χ0) is 30.9. The van der Waals surface area contributed by atoms with Crippen LogP contribution in [0.25, 0.3) is 0 Å². The van der Waals surface area contributed by atoms with Crippen molar-refractivity contribution in [3.8, 4) is 5.75 Å². The van der Waals surface area contributed by atoms with Crippen molar-refractivity contribution in [1.82, 2.24) is 10.2 Å². The fourth-order valence-electron chi connectivity index (χ4n) is 4.42. The SMILES string of the molecule is CCOc1ccccc1N(CC(=O)N(Cc1ccc(F)cc1)[C@H](CC)C(=O)NCC(C)C)S(=O)(=O)c1ccc(C)cc1. The molecule has 0 aromatic heterocycles. The number of nitrogens with zero attached hydrogens (tertiary/aromatic N) is 2. The fourth-order valence-corrected chi connectivity index (χ4v) is 5.84. The molecule has 0 fully saturated rings. The first-order valence-electron chi connectivity index (χ1n) is 14.1. The van der Waals surface area contributed by atoms with Crippen molar-refractivity contribution in [2.75, 3.05) is 24.0 Å². The molecule has 42 heavy (non-hydrogen) atoms. The number of ether oxygens (including phenoxy) is 1. The van der Waals surface area contributed by atoms with Crippen LogP contribution in [0.1, 0.15) is 45.2 Å². The molecule has 0 saturated heterocycles.